The SMILES string of the molecule is SCCc1cc2c(cc1Cc1ccccc1)OCO2. The van der Waals surface area contributed by atoms with Crippen LogP contribution >= 0.6 is 12.6 Å². The van der Waals surface area contributed by atoms with E-state index in [-0.39, 0.29) is 0 Å². The van der Waals surface area contributed by atoms with Gasteiger partial charge >= 0.3 is 0 Å². The Hall–Kier alpha value is -1.61. The first-order valence-corrected chi connectivity index (χ1v) is 7.06. The molecule has 0 bridgehead atoms. The summed E-state index contributed by atoms with van der Waals surface area (Å²) in [5, 5.41) is 0. The Morgan fingerprint density at radius 1 is 0.947 bits per heavy atom. The van der Waals surface area contributed by atoms with Crippen LogP contribution in [0.15, 0.2) is 42.5 Å². The minimum atomic E-state index is 0.324. The molecule has 2 nitrogen and oxygen atoms in total. The molecule has 0 saturated heterocycles. The van der Waals surface area contributed by atoms with Gasteiger partial charge in [-0.15, -0.1) is 0 Å². The van der Waals surface area contributed by atoms with E-state index in [1.807, 2.05) is 6.07 Å². The van der Waals surface area contributed by atoms with Gasteiger partial charge in [-0.3, -0.25) is 0 Å². The smallest absolute Gasteiger partial charge is 0.231 e. The summed E-state index contributed by atoms with van der Waals surface area (Å²) >= 11 is 4.34. The second-order valence-electron chi connectivity index (χ2n) is 4.61. The van der Waals surface area contributed by atoms with Crippen LogP contribution in [0.5, 0.6) is 11.5 Å². The predicted molar refractivity (Wildman–Crippen MR) is 79.4 cm³/mol. The molecule has 2 aromatic rings. The van der Waals surface area contributed by atoms with Gasteiger partial charge in [0.05, 0.1) is 0 Å². The van der Waals surface area contributed by atoms with Crippen LogP contribution in [0, 0.1) is 0 Å². The van der Waals surface area contributed by atoms with Gasteiger partial charge in [-0.05, 0) is 47.4 Å². The van der Waals surface area contributed by atoms with Gasteiger partial charge in [-0.2, -0.15) is 12.6 Å². The molecule has 0 amide bonds. The van der Waals surface area contributed by atoms with Crippen LogP contribution in [0.25, 0.3) is 0 Å². The number of hydrogen-bond acceptors (Lipinski definition) is 3. The Morgan fingerprint density at radius 3 is 2.32 bits per heavy atom. The Labute approximate surface area is 118 Å². The first kappa shape index (κ1) is 12.4. The highest BCUT2D eigenvalue weighted by molar-refractivity contribution is 7.80. The second kappa shape index (κ2) is 5.57. The van der Waals surface area contributed by atoms with Gasteiger partial charge in [-0.1, -0.05) is 30.3 Å². The zero-order valence-electron chi connectivity index (χ0n) is 10.6. The monoisotopic (exact) mass is 272 g/mol. The highest BCUT2D eigenvalue weighted by Crippen LogP contribution is 2.35. The molecule has 0 aliphatic carbocycles. The lowest BCUT2D eigenvalue weighted by molar-refractivity contribution is 0.174. The molecular formula is C16H16O2S. The lowest BCUT2D eigenvalue weighted by Gasteiger charge is -2.10. The number of rotatable bonds is 4. The fourth-order valence-corrected chi connectivity index (χ4v) is 2.60. The fraction of sp³-hybridized carbons (Fsp3) is 0.250. The van der Waals surface area contributed by atoms with Gasteiger partial charge in [0.1, 0.15) is 0 Å². The summed E-state index contributed by atoms with van der Waals surface area (Å²) in [5.41, 5.74) is 3.90. The van der Waals surface area contributed by atoms with E-state index in [9.17, 15) is 0 Å². The van der Waals surface area contributed by atoms with Crippen molar-refractivity contribution in [3.63, 3.8) is 0 Å². The molecule has 1 aliphatic heterocycles. The van der Waals surface area contributed by atoms with E-state index in [0.29, 0.717) is 6.79 Å². The van der Waals surface area contributed by atoms with Crippen molar-refractivity contribution >= 4 is 12.6 Å². The second-order valence-corrected chi connectivity index (χ2v) is 5.06. The molecule has 0 fully saturated rings. The van der Waals surface area contributed by atoms with Gasteiger partial charge < -0.3 is 9.47 Å². The van der Waals surface area contributed by atoms with E-state index in [1.54, 1.807) is 0 Å². The third kappa shape index (κ3) is 2.71. The lowest BCUT2D eigenvalue weighted by Crippen LogP contribution is -1.97. The van der Waals surface area contributed by atoms with E-state index >= 15 is 0 Å². The van der Waals surface area contributed by atoms with Crippen LogP contribution in [0.4, 0.5) is 0 Å². The third-order valence-corrected chi connectivity index (χ3v) is 3.54. The van der Waals surface area contributed by atoms with Gasteiger partial charge in [-0.25, -0.2) is 0 Å². The number of fused-ring (bicyclic) bond motifs is 1. The zero-order chi connectivity index (χ0) is 13.1. The number of benzene rings is 2. The van der Waals surface area contributed by atoms with Crippen LogP contribution in [-0.2, 0) is 12.8 Å². The summed E-state index contributed by atoms with van der Waals surface area (Å²) in [5.74, 6) is 2.55. The van der Waals surface area contributed by atoms with Crippen molar-refractivity contribution in [2.75, 3.05) is 12.5 Å². The summed E-state index contributed by atoms with van der Waals surface area (Å²) < 4.78 is 10.9. The Morgan fingerprint density at radius 2 is 1.63 bits per heavy atom. The Bertz CT molecular complexity index is 566. The molecule has 2 aromatic carbocycles. The molecule has 0 unspecified atom stereocenters. The molecular weight excluding hydrogens is 256 g/mol. The topological polar surface area (TPSA) is 18.5 Å². The number of ether oxygens (including phenoxy) is 2. The first-order valence-electron chi connectivity index (χ1n) is 6.43. The summed E-state index contributed by atoms with van der Waals surface area (Å²) in [7, 11) is 0. The van der Waals surface area contributed by atoms with Crippen molar-refractivity contribution < 1.29 is 9.47 Å². The molecule has 98 valence electrons. The van der Waals surface area contributed by atoms with E-state index < -0.39 is 0 Å². The minimum absolute atomic E-state index is 0.324. The molecule has 1 heterocycles. The molecule has 3 heteroatoms. The van der Waals surface area contributed by atoms with Gasteiger partial charge in [0.25, 0.3) is 0 Å². The quantitative estimate of drug-likeness (QED) is 0.859. The van der Waals surface area contributed by atoms with E-state index in [1.165, 1.54) is 16.7 Å². The number of thiol groups is 1. The average Bonchev–Trinajstić information content (AvgIpc) is 2.88. The van der Waals surface area contributed by atoms with E-state index in [2.05, 4.69) is 49.0 Å². The van der Waals surface area contributed by atoms with Crippen LogP contribution in [-0.4, -0.2) is 12.5 Å². The molecule has 0 atom stereocenters. The van der Waals surface area contributed by atoms with Gasteiger partial charge in [0.15, 0.2) is 11.5 Å². The molecule has 0 spiro atoms. The fourth-order valence-electron chi connectivity index (χ4n) is 2.36. The zero-order valence-corrected chi connectivity index (χ0v) is 11.5. The van der Waals surface area contributed by atoms with Crippen LogP contribution < -0.4 is 9.47 Å². The first-order chi connectivity index (χ1) is 9.36. The van der Waals surface area contributed by atoms with Crippen LogP contribution in [0.3, 0.4) is 0 Å². The number of hydrogen-bond donors (Lipinski definition) is 1. The summed E-state index contributed by atoms with van der Waals surface area (Å²) in [6, 6.07) is 14.7. The molecule has 0 N–H and O–H groups in total. The maximum absolute atomic E-state index is 5.47. The van der Waals surface area contributed by atoms with Crippen molar-refractivity contribution in [1.29, 1.82) is 0 Å². The summed E-state index contributed by atoms with van der Waals surface area (Å²) in [6.45, 7) is 0.324. The van der Waals surface area contributed by atoms with E-state index in [4.69, 9.17) is 9.47 Å². The standard InChI is InChI=1S/C16H16O2S/c19-7-6-13-9-15-16(18-11-17-15)10-14(13)8-12-4-2-1-3-5-12/h1-5,9-10,19H,6-8,11H2. The van der Waals surface area contributed by atoms with Crippen LogP contribution in [0.1, 0.15) is 16.7 Å². The summed E-state index contributed by atoms with van der Waals surface area (Å²) in [6.07, 6.45) is 1.86. The molecule has 1 aliphatic rings. The third-order valence-electron chi connectivity index (χ3n) is 3.31. The molecule has 0 saturated carbocycles. The molecule has 0 radical (unpaired) electrons. The molecule has 3 rings (SSSR count). The Balaban J connectivity index is 1.94. The van der Waals surface area contributed by atoms with Crippen molar-refractivity contribution in [3.8, 4) is 11.5 Å². The largest absolute Gasteiger partial charge is 0.454 e. The summed E-state index contributed by atoms with van der Waals surface area (Å²) in [4.78, 5) is 0. The lowest BCUT2D eigenvalue weighted by atomic mass is 9.97. The molecule has 19 heavy (non-hydrogen) atoms. The van der Waals surface area contributed by atoms with Gasteiger partial charge in [0, 0.05) is 0 Å². The van der Waals surface area contributed by atoms with Crippen molar-refractivity contribution in [1.82, 2.24) is 0 Å². The maximum Gasteiger partial charge on any atom is 0.231 e. The van der Waals surface area contributed by atoms with E-state index in [0.717, 1.165) is 30.1 Å². The van der Waals surface area contributed by atoms with Crippen molar-refractivity contribution in [2.45, 2.75) is 12.8 Å². The maximum atomic E-state index is 5.47. The molecule has 0 aromatic heterocycles. The number of aryl methyl sites for hydroxylation is 1. The minimum Gasteiger partial charge on any atom is -0.454 e. The normalized spacial score (nSPS) is 12.7. The average molecular weight is 272 g/mol. The van der Waals surface area contributed by atoms with Gasteiger partial charge in [0.2, 0.25) is 6.79 Å². The van der Waals surface area contributed by atoms with Crippen molar-refractivity contribution in [2.24, 2.45) is 0 Å². The highest BCUT2D eigenvalue weighted by Gasteiger charge is 2.17. The van der Waals surface area contributed by atoms with Crippen LogP contribution in [0.2, 0.25) is 0 Å². The highest BCUT2D eigenvalue weighted by atomic mass is 32.1. The van der Waals surface area contributed by atoms with Crippen molar-refractivity contribution in [3.05, 3.63) is 59.2 Å². The Kier molecular flexibility index (Phi) is 3.65. The predicted octanol–water partition coefficient (Wildman–Crippen LogP) is 3.48.